The molecule has 0 aliphatic carbocycles. The van der Waals surface area contributed by atoms with Crippen molar-refractivity contribution < 1.29 is 19.4 Å². The highest BCUT2D eigenvalue weighted by atomic mass is 127. The number of benzene rings is 1. The minimum Gasteiger partial charge on any atom is -0.548 e. The Morgan fingerprint density at radius 1 is 1.35 bits per heavy atom. The van der Waals surface area contributed by atoms with Crippen LogP contribution in [0.1, 0.15) is 26.3 Å². The number of carbonyl (C=O) groups excluding carboxylic acids is 2. The maximum absolute atomic E-state index is 11.6. The number of carbonyl (C=O) groups is 2. The van der Waals surface area contributed by atoms with Crippen LogP contribution in [0.5, 0.6) is 0 Å². The van der Waals surface area contributed by atoms with Gasteiger partial charge >= 0.3 is 6.09 Å². The molecule has 0 bridgehead atoms. The molecule has 0 radical (unpaired) electrons. The summed E-state index contributed by atoms with van der Waals surface area (Å²) in [6, 6.07) is 6.24. The van der Waals surface area contributed by atoms with Crippen LogP contribution in [0.4, 0.5) is 4.79 Å². The van der Waals surface area contributed by atoms with Crippen LogP contribution in [0, 0.1) is 3.57 Å². The van der Waals surface area contributed by atoms with Gasteiger partial charge in [0.05, 0.1) is 12.0 Å². The van der Waals surface area contributed by atoms with Crippen molar-refractivity contribution in [2.24, 2.45) is 0 Å². The fourth-order valence-electron chi connectivity index (χ4n) is 1.53. The molecule has 20 heavy (non-hydrogen) atoms. The second-order valence-electron chi connectivity index (χ2n) is 5.31. The molecule has 1 rings (SSSR count). The second-order valence-corrected chi connectivity index (χ2v) is 6.48. The number of aliphatic carboxylic acids is 1. The molecule has 1 atom stereocenters. The number of halogens is 1. The Balaban J connectivity index is 2.74. The van der Waals surface area contributed by atoms with E-state index in [4.69, 9.17) is 4.74 Å². The molecular formula is C14H17INO4-. The first kappa shape index (κ1) is 16.7. The van der Waals surface area contributed by atoms with Gasteiger partial charge in [-0.1, -0.05) is 18.2 Å². The van der Waals surface area contributed by atoms with E-state index in [-0.39, 0.29) is 6.42 Å². The lowest BCUT2D eigenvalue weighted by Crippen LogP contribution is -2.50. The molecule has 6 heteroatoms. The zero-order valence-electron chi connectivity index (χ0n) is 11.6. The van der Waals surface area contributed by atoms with Gasteiger partial charge in [-0.25, -0.2) is 4.79 Å². The van der Waals surface area contributed by atoms with E-state index in [1.807, 2.05) is 24.3 Å². The third-order valence-electron chi connectivity index (χ3n) is 2.36. The van der Waals surface area contributed by atoms with Gasteiger partial charge < -0.3 is 20.0 Å². The molecule has 0 saturated carbocycles. The number of amides is 1. The molecule has 110 valence electrons. The maximum Gasteiger partial charge on any atom is 0.408 e. The summed E-state index contributed by atoms with van der Waals surface area (Å²) in [6.45, 7) is 5.13. The zero-order valence-corrected chi connectivity index (χ0v) is 13.8. The quantitative estimate of drug-likeness (QED) is 0.791. The Morgan fingerprint density at radius 2 is 1.95 bits per heavy atom. The Bertz CT molecular complexity index is 496. The first-order chi connectivity index (χ1) is 9.19. The second kappa shape index (κ2) is 6.92. The third kappa shape index (κ3) is 5.77. The Kier molecular flexibility index (Phi) is 5.79. The largest absolute Gasteiger partial charge is 0.548 e. The van der Waals surface area contributed by atoms with Crippen LogP contribution in [0.15, 0.2) is 24.3 Å². The maximum atomic E-state index is 11.6. The number of rotatable bonds is 4. The smallest absolute Gasteiger partial charge is 0.408 e. The molecule has 0 aliphatic rings. The van der Waals surface area contributed by atoms with E-state index in [1.165, 1.54) is 0 Å². The van der Waals surface area contributed by atoms with E-state index in [0.29, 0.717) is 0 Å². The molecule has 1 amide bonds. The van der Waals surface area contributed by atoms with Crippen molar-refractivity contribution in [3.05, 3.63) is 33.4 Å². The molecule has 1 aromatic rings. The average molecular weight is 390 g/mol. The molecule has 0 unspecified atom stereocenters. The molecule has 0 heterocycles. The van der Waals surface area contributed by atoms with Crippen LogP contribution >= 0.6 is 22.6 Å². The number of ether oxygens (including phenoxy) is 1. The van der Waals surface area contributed by atoms with E-state index in [0.717, 1.165) is 9.13 Å². The Hall–Kier alpha value is -1.31. The number of carboxylic acid groups (broad SMARTS) is 1. The normalized spacial score (nSPS) is 12.6. The van der Waals surface area contributed by atoms with Gasteiger partial charge in [0.25, 0.3) is 0 Å². The molecule has 0 aliphatic heterocycles. The molecule has 0 spiro atoms. The van der Waals surface area contributed by atoms with Crippen molar-refractivity contribution in [2.45, 2.75) is 38.8 Å². The molecule has 0 fully saturated rings. The van der Waals surface area contributed by atoms with E-state index < -0.39 is 23.7 Å². The number of hydrogen-bond acceptors (Lipinski definition) is 4. The zero-order chi connectivity index (χ0) is 15.3. The minimum atomic E-state index is -1.34. The summed E-state index contributed by atoms with van der Waals surface area (Å²) in [5, 5.41) is 13.5. The lowest BCUT2D eigenvalue weighted by molar-refractivity contribution is -0.308. The summed E-state index contributed by atoms with van der Waals surface area (Å²) < 4.78 is 5.98. The van der Waals surface area contributed by atoms with Gasteiger partial charge in [-0.3, -0.25) is 0 Å². The Morgan fingerprint density at radius 3 is 2.45 bits per heavy atom. The predicted octanol–water partition coefficient (Wildman–Crippen LogP) is 1.48. The van der Waals surface area contributed by atoms with E-state index >= 15 is 0 Å². The predicted molar refractivity (Wildman–Crippen MR) is 81.0 cm³/mol. The first-order valence-corrected chi connectivity index (χ1v) is 7.20. The highest BCUT2D eigenvalue weighted by Gasteiger charge is 2.20. The van der Waals surface area contributed by atoms with Gasteiger partial charge in [-0.2, -0.15) is 0 Å². The molecule has 1 N–H and O–H groups in total. The number of alkyl carbamates (subject to hydrolysis) is 1. The summed E-state index contributed by atoms with van der Waals surface area (Å²) >= 11 is 2.12. The summed E-state index contributed by atoms with van der Waals surface area (Å²) in [6.07, 6.45) is -0.613. The lowest BCUT2D eigenvalue weighted by atomic mass is 10.1. The fraction of sp³-hybridized carbons (Fsp3) is 0.429. The van der Waals surface area contributed by atoms with Gasteiger partial charge in [0.15, 0.2) is 0 Å². The number of nitrogens with one attached hydrogen (secondary N) is 1. The van der Waals surface area contributed by atoms with Crippen molar-refractivity contribution in [1.29, 1.82) is 0 Å². The van der Waals surface area contributed by atoms with Crippen LogP contribution < -0.4 is 10.4 Å². The third-order valence-corrected chi connectivity index (χ3v) is 3.41. The fourth-order valence-corrected chi connectivity index (χ4v) is 2.13. The Labute approximate surface area is 131 Å². The van der Waals surface area contributed by atoms with Gasteiger partial charge in [0.2, 0.25) is 0 Å². The van der Waals surface area contributed by atoms with Crippen molar-refractivity contribution in [1.82, 2.24) is 5.32 Å². The topological polar surface area (TPSA) is 78.5 Å². The van der Waals surface area contributed by atoms with Crippen molar-refractivity contribution >= 4 is 34.7 Å². The summed E-state index contributed by atoms with van der Waals surface area (Å²) in [5.74, 6) is -1.34. The number of hydrogen-bond donors (Lipinski definition) is 1. The van der Waals surface area contributed by atoms with Gasteiger partial charge in [0.1, 0.15) is 5.60 Å². The summed E-state index contributed by atoms with van der Waals surface area (Å²) in [5.41, 5.74) is 0.153. The van der Waals surface area contributed by atoms with Crippen molar-refractivity contribution in [3.63, 3.8) is 0 Å². The first-order valence-electron chi connectivity index (χ1n) is 6.13. The van der Waals surface area contributed by atoms with Crippen LogP contribution in [0.2, 0.25) is 0 Å². The molecule has 1 aromatic carbocycles. The SMILES string of the molecule is CC(C)(C)OC(=O)N[C@@H](Cc1ccccc1I)C(=O)[O-]. The highest BCUT2D eigenvalue weighted by molar-refractivity contribution is 14.1. The van der Waals surface area contributed by atoms with E-state index in [2.05, 4.69) is 27.9 Å². The van der Waals surface area contributed by atoms with E-state index in [1.54, 1.807) is 20.8 Å². The van der Waals surface area contributed by atoms with E-state index in [9.17, 15) is 14.7 Å². The molecule has 0 aromatic heterocycles. The minimum absolute atomic E-state index is 0.153. The standard InChI is InChI=1S/C14H18INO4/c1-14(2,3)20-13(19)16-11(12(17)18)8-9-6-4-5-7-10(9)15/h4-7,11H,8H2,1-3H3,(H,16,19)(H,17,18)/p-1/t11-/m0/s1. The monoisotopic (exact) mass is 390 g/mol. The molecule has 0 saturated heterocycles. The molecule has 5 nitrogen and oxygen atoms in total. The van der Waals surface area contributed by atoms with Crippen LogP contribution in [-0.2, 0) is 16.0 Å². The number of carboxylic acids is 1. The summed E-state index contributed by atoms with van der Waals surface area (Å²) in [7, 11) is 0. The van der Waals surface area contributed by atoms with Crippen LogP contribution in [0.3, 0.4) is 0 Å². The van der Waals surface area contributed by atoms with Crippen LogP contribution in [-0.4, -0.2) is 23.7 Å². The lowest BCUT2D eigenvalue weighted by Gasteiger charge is -2.24. The van der Waals surface area contributed by atoms with Crippen molar-refractivity contribution in [3.8, 4) is 0 Å². The van der Waals surface area contributed by atoms with Gasteiger partial charge in [0, 0.05) is 3.57 Å². The highest BCUT2D eigenvalue weighted by Crippen LogP contribution is 2.14. The average Bonchev–Trinajstić information content (AvgIpc) is 2.28. The van der Waals surface area contributed by atoms with Crippen molar-refractivity contribution in [2.75, 3.05) is 0 Å². The van der Waals surface area contributed by atoms with Gasteiger partial charge in [-0.15, -0.1) is 0 Å². The van der Waals surface area contributed by atoms with Crippen LogP contribution in [0.25, 0.3) is 0 Å². The molecular weight excluding hydrogens is 373 g/mol. The summed E-state index contributed by atoms with van der Waals surface area (Å²) in [4.78, 5) is 22.8. The van der Waals surface area contributed by atoms with Gasteiger partial charge in [-0.05, 0) is 61.4 Å².